The summed E-state index contributed by atoms with van der Waals surface area (Å²) in [4.78, 5) is 0. The van der Waals surface area contributed by atoms with E-state index in [0.717, 1.165) is 12.5 Å². The Bertz CT molecular complexity index is 116. The summed E-state index contributed by atoms with van der Waals surface area (Å²) in [5.41, 5.74) is 0.159. The van der Waals surface area contributed by atoms with Crippen molar-refractivity contribution in [2.45, 2.75) is 33.6 Å². The number of hydrogen-bond acceptors (Lipinski definition) is 0. The minimum atomic E-state index is -1.57. The van der Waals surface area contributed by atoms with E-state index in [1.807, 2.05) is 20.8 Å². The van der Waals surface area contributed by atoms with Crippen LogP contribution in [0.2, 0.25) is 0 Å². The van der Waals surface area contributed by atoms with Crippen LogP contribution in [0.1, 0.15) is 33.6 Å². The average Bonchev–Trinajstić information content (AvgIpc) is 1.59. The highest BCUT2D eigenvalue weighted by Gasteiger charge is 2.08. The van der Waals surface area contributed by atoms with E-state index in [4.69, 9.17) is 0 Å². The zero-order valence-corrected chi connectivity index (χ0v) is 6.75. The Morgan fingerprint density at radius 1 is 1.30 bits per heavy atom. The van der Waals surface area contributed by atoms with Crippen LogP contribution in [0, 0.1) is 5.41 Å². The average molecular weight is 148 g/mol. The van der Waals surface area contributed by atoms with E-state index < -0.39 is 6.08 Å². The van der Waals surface area contributed by atoms with Gasteiger partial charge in [-0.25, -0.2) is 0 Å². The van der Waals surface area contributed by atoms with E-state index >= 15 is 0 Å². The van der Waals surface area contributed by atoms with Crippen LogP contribution in [-0.4, -0.2) is 0 Å². The lowest BCUT2D eigenvalue weighted by molar-refractivity contribution is 0.371. The molecule has 0 radical (unpaired) electrons. The van der Waals surface area contributed by atoms with Crippen molar-refractivity contribution in [3.8, 4) is 0 Å². The summed E-state index contributed by atoms with van der Waals surface area (Å²) in [7, 11) is 0. The summed E-state index contributed by atoms with van der Waals surface area (Å²) in [6, 6.07) is 0. The molecule has 0 heterocycles. The fraction of sp³-hybridized carbons (Fsp3) is 0.750. The normalized spacial score (nSPS) is 11.3. The summed E-state index contributed by atoms with van der Waals surface area (Å²) in [6.07, 6.45) is 0.700. The molecule has 0 unspecified atom stereocenters. The van der Waals surface area contributed by atoms with Crippen molar-refractivity contribution in [3.05, 3.63) is 12.2 Å². The van der Waals surface area contributed by atoms with Gasteiger partial charge in [-0.3, -0.25) is 0 Å². The standard InChI is InChI=1S/C8H14F2/c1-8(2,3)6-4-5-7(9)10/h5H,4,6H2,1-3H3. The quantitative estimate of drug-likeness (QED) is 0.561. The molecule has 0 N–H and O–H groups in total. The van der Waals surface area contributed by atoms with E-state index in [2.05, 4.69) is 0 Å². The third-order valence-electron chi connectivity index (χ3n) is 1.19. The maximum atomic E-state index is 11.5. The van der Waals surface area contributed by atoms with Gasteiger partial charge in [-0.2, -0.15) is 8.78 Å². The van der Waals surface area contributed by atoms with Crippen molar-refractivity contribution in [1.82, 2.24) is 0 Å². The van der Waals surface area contributed by atoms with E-state index in [-0.39, 0.29) is 5.41 Å². The molecule has 0 aromatic rings. The lowest BCUT2D eigenvalue weighted by Gasteiger charge is -2.15. The second-order valence-electron chi connectivity index (χ2n) is 3.59. The zero-order valence-electron chi connectivity index (χ0n) is 6.75. The molecule has 0 atom stereocenters. The van der Waals surface area contributed by atoms with Gasteiger partial charge in [-0.05, 0) is 24.3 Å². The molecule has 60 valence electrons. The summed E-state index contributed by atoms with van der Waals surface area (Å²) in [5, 5.41) is 0. The Kier molecular flexibility index (Phi) is 3.54. The van der Waals surface area contributed by atoms with E-state index in [1.165, 1.54) is 0 Å². The largest absolute Gasteiger partial charge is 0.266 e. The van der Waals surface area contributed by atoms with Crippen molar-refractivity contribution < 1.29 is 8.78 Å². The molecule has 0 rings (SSSR count). The number of rotatable bonds is 2. The molecule has 0 saturated carbocycles. The van der Waals surface area contributed by atoms with Crippen molar-refractivity contribution in [1.29, 1.82) is 0 Å². The first-order chi connectivity index (χ1) is 4.42. The van der Waals surface area contributed by atoms with Crippen LogP contribution in [0.15, 0.2) is 12.2 Å². The van der Waals surface area contributed by atoms with Crippen LogP contribution >= 0.6 is 0 Å². The Labute approximate surface area is 60.9 Å². The topological polar surface area (TPSA) is 0 Å². The molecule has 10 heavy (non-hydrogen) atoms. The predicted octanol–water partition coefficient (Wildman–Crippen LogP) is 3.59. The monoisotopic (exact) mass is 148 g/mol. The Balaban J connectivity index is 3.47. The Morgan fingerprint density at radius 3 is 2.10 bits per heavy atom. The number of hydrogen-bond donors (Lipinski definition) is 0. The highest BCUT2D eigenvalue weighted by Crippen LogP contribution is 2.21. The first-order valence-electron chi connectivity index (χ1n) is 3.43. The molecule has 0 saturated heterocycles. The summed E-state index contributed by atoms with van der Waals surface area (Å²) in [6.45, 7) is 6.12. The summed E-state index contributed by atoms with van der Waals surface area (Å²) in [5.74, 6) is 0. The number of allylic oxidation sites excluding steroid dienone is 1. The lowest BCUT2D eigenvalue weighted by Crippen LogP contribution is -2.02. The molecule has 0 nitrogen and oxygen atoms in total. The molecule has 0 fully saturated rings. The minimum absolute atomic E-state index is 0.159. The van der Waals surface area contributed by atoms with Gasteiger partial charge in [-0.15, -0.1) is 0 Å². The molecular weight excluding hydrogens is 134 g/mol. The molecular formula is C8H14F2. The highest BCUT2D eigenvalue weighted by atomic mass is 19.3. The fourth-order valence-corrected chi connectivity index (χ4v) is 0.614. The number of halogens is 2. The van der Waals surface area contributed by atoms with E-state index in [0.29, 0.717) is 6.42 Å². The van der Waals surface area contributed by atoms with Crippen molar-refractivity contribution in [2.75, 3.05) is 0 Å². The van der Waals surface area contributed by atoms with Gasteiger partial charge in [0, 0.05) is 0 Å². The van der Waals surface area contributed by atoms with Crippen LogP contribution in [0.3, 0.4) is 0 Å². The van der Waals surface area contributed by atoms with Crippen LogP contribution in [0.4, 0.5) is 8.78 Å². The molecule has 0 aliphatic heterocycles. The molecule has 2 heteroatoms. The van der Waals surface area contributed by atoms with Crippen molar-refractivity contribution in [2.24, 2.45) is 5.41 Å². The second kappa shape index (κ2) is 3.69. The lowest BCUT2D eigenvalue weighted by atomic mass is 9.91. The van der Waals surface area contributed by atoms with Gasteiger partial charge in [0.15, 0.2) is 0 Å². The first-order valence-corrected chi connectivity index (χ1v) is 3.43. The summed E-state index contributed by atoms with van der Waals surface area (Å²) < 4.78 is 22.9. The molecule has 0 aromatic carbocycles. The molecule has 0 aliphatic carbocycles. The SMILES string of the molecule is CC(C)(C)CCC=C(F)F. The maximum absolute atomic E-state index is 11.5. The predicted molar refractivity (Wildman–Crippen MR) is 39.0 cm³/mol. The molecule has 0 bridgehead atoms. The van der Waals surface area contributed by atoms with Crippen molar-refractivity contribution >= 4 is 0 Å². The highest BCUT2D eigenvalue weighted by molar-refractivity contribution is 4.81. The second-order valence-corrected chi connectivity index (χ2v) is 3.59. The van der Waals surface area contributed by atoms with Gasteiger partial charge in [-0.1, -0.05) is 20.8 Å². The van der Waals surface area contributed by atoms with E-state index in [1.54, 1.807) is 0 Å². The van der Waals surface area contributed by atoms with Gasteiger partial charge in [0.05, 0.1) is 0 Å². The van der Waals surface area contributed by atoms with E-state index in [9.17, 15) is 8.78 Å². The zero-order chi connectivity index (χ0) is 8.20. The van der Waals surface area contributed by atoms with Gasteiger partial charge in [0.2, 0.25) is 0 Å². The third kappa shape index (κ3) is 7.60. The first kappa shape index (κ1) is 9.60. The van der Waals surface area contributed by atoms with Crippen LogP contribution in [-0.2, 0) is 0 Å². The maximum Gasteiger partial charge on any atom is 0.266 e. The van der Waals surface area contributed by atoms with Gasteiger partial charge < -0.3 is 0 Å². The molecule has 0 amide bonds. The minimum Gasteiger partial charge on any atom is -0.174 e. The van der Waals surface area contributed by atoms with Crippen LogP contribution < -0.4 is 0 Å². The Morgan fingerprint density at radius 2 is 1.80 bits per heavy atom. The van der Waals surface area contributed by atoms with Gasteiger partial charge in [0.1, 0.15) is 0 Å². The summed E-state index contributed by atoms with van der Waals surface area (Å²) >= 11 is 0. The van der Waals surface area contributed by atoms with Gasteiger partial charge >= 0.3 is 0 Å². The molecule has 0 aromatic heterocycles. The third-order valence-corrected chi connectivity index (χ3v) is 1.19. The van der Waals surface area contributed by atoms with Crippen LogP contribution in [0.25, 0.3) is 0 Å². The van der Waals surface area contributed by atoms with Crippen LogP contribution in [0.5, 0.6) is 0 Å². The molecule has 0 spiro atoms. The van der Waals surface area contributed by atoms with Gasteiger partial charge in [0.25, 0.3) is 6.08 Å². The Hall–Kier alpha value is -0.400. The smallest absolute Gasteiger partial charge is 0.174 e. The van der Waals surface area contributed by atoms with Crippen molar-refractivity contribution in [3.63, 3.8) is 0 Å². The molecule has 0 aliphatic rings. The fourth-order valence-electron chi connectivity index (χ4n) is 0.614.